The minimum absolute atomic E-state index is 0.0708. The molecule has 1 saturated carbocycles. The molecule has 1 aromatic rings. The first kappa shape index (κ1) is 17.9. The topological polar surface area (TPSA) is 57.7 Å². The SMILES string of the molecule is Cc1cc(S(=O)(=O)N2CC[C@@H]3[C@@H](CCC(=O)N3C3CC3)C2)c(F)cc1F. The van der Waals surface area contributed by atoms with Crippen molar-refractivity contribution in [3.05, 3.63) is 29.3 Å². The molecular formula is C18H22F2N2O3S. The second-order valence-electron chi connectivity index (χ2n) is 7.58. The maximum absolute atomic E-state index is 14.1. The van der Waals surface area contributed by atoms with Crippen LogP contribution < -0.4 is 0 Å². The number of nitrogens with zero attached hydrogens (tertiary/aromatic N) is 2. The average molecular weight is 384 g/mol. The van der Waals surface area contributed by atoms with Gasteiger partial charge in [0.2, 0.25) is 15.9 Å². The Bertz CT molecular complexity index is 854. The molecule has 0 aromatic heterocycles. The molecule has 5 nitrogen and oxygen atoms in total. The fourth-order valence-electron chi connectivity index (χ4n) is 4.27. The number of rotatable bonds is 3. The Labute approximate surface area is 152 Å². The molecule has 0 N–H and O–H groups in total. The average Bonchev–Trinajstić information content (AvgIpc) is 3.42. The molecule has 1 aliphatic carbocycles. The highest BCUT2D eigenvalue weighted by Crippen LogP contribution is 2.40. The van der Waals surface area contributed by atoms with Crippen molar-refractivity contribution in [3.8, 4) is 0 Å². The first-order valence-electron chi connectivity index (χ1n) is 9.06. The number of amides is 1. The Kier molecular flexibility index (Phi) is 4.30. The Morgan fingerprint density at radius 2 is 1.81 bits per heavy atom. The Morgan fingerprint density at radius 1 is 1.08 bits per heavy atom. The van der Waals surface area contributed by atoms with Gasteiger partial charge in [0.1, 0.15) is 16.5 Å². The molecule has 2 aliphatic heterocycles. The fraction of sp³-hybridized carbons (Fsp3) is 0.611. The van der Waals surface area contributed by atoms with Crippen LogP contribution in [0.15, 0.2) is 17.0 Å². The third kappa shape index (κ3) is 2.93. The van der Waals surface area contributed by atoms with E-state index in [4.69, 9.17) is 0 Å². The lowest BCUT2D eigenvalue weighted by Crippen LogP contribution is -2.57. The van der Waals surface area contributed by atoms with Gasteiger partial charge in [0.05, 0.1) is 0 Å². The number of carbonyl (C=O) groups excluding carboxylic acids is 1. The van der Waals surface area contributed by atoms with E-state index in [2.05, 4.69) is 0 Å². The number of aryl methyl sites for hydroxylation is 1. The first-order valence-corrected chi connectivity index (χ1v) is 10.5. The van der Waals surface area contributed by atoms with Crippen LogP contribution in [-0.4, -0.2) is 48.7 Å². The number of carbonyl (C=O) groups is 1. The summed E-state index contributed by atoms with van der Waals surface area (Å²) in [5.74, 6) is -1.58. The summed E-state index contributed by atoms with van der Waals surface area (Å²) >= 11 is 0. The van der Waals surface area contributed by atoms with Gasteiger partial charge < -0.3 is 4.90 Å². The van der Waals surface area contributed by atoms with Gasteiger partial charge in [-0.1, -0.05) is 0 Å². The minimum atomic E-state index is -4.03. The predicted molar refractivity (Wildman–Crippen MR) is 90.9 cm³/mol. The molecule has 142 valence electrons. The molecule has 2 atom stereocenters. The van der Waals surface area contributed by atoms with Crippen molar-refractivity contribution >= 4 is 15.9 Å². The van der Waals surface area contributed by atoms with Crippen LogP contribution in [0.1, 0.15) is 37.7 Å². The van der Waals surface area contributed by atoms with Gasteiger partial charge in [-0.05, 0) is 50.2 Å². The number of hydrogen-bond donors (Lipinski definition) is 0. The van der Waals surface area contributed by atoms with E-state index < -0.39 is 26.6 Å². The Morgan fingerprint density at radius 3 is 2.50 bits per heavy atom. The Balaban J connectivity index is 1.58. The van der Waals surface area contributed by atoms with Crippen LogP contribution >= 0.6 is 0 Å². The summed E-state index contributed by atoms with van der Waals surface area (Å²) in [4.78, 5) is 13.8. The van der Waals surface area contributed by atoms with Gasteiger partial charge in [0.25, 0.3) is 0 Å². The summed E-state index contributed by atoms with van der Waals surface area (Å²) in [6.45, 7) is 1.94. The van der Waals surface area contributed by atoms with Crippen LogP contribution in [0.3, 0.4) is 0 Å². The summed E-state index contributed by atoms with van der Waals surface area (Å²) in [5, 5.41) is 0. The summed E-state index contributed by atoms with van der Waals surface area (Å²) in [6, 6.07) is 2.08. The maximum atomic E-state index is 14.1. The first-order chi connectivity index (χ1) is 12.3. The molecule has 4 rings (SSSR count). The molecule has 0 bridgehead atoms. The third-order valence-corrected chi connectivity index (χ3v) is 7.68. The van der Waals surface area contributed by atoms with Gasteiger partial charge >= 0.3 is 0 Å². The predicted octanol–water partition coefficient (Wildman–Crippen LogP) is 2.44. The monoisotopic (exact) mass is 384 g/mol. The van der Waals surface area contributed by atoms with E-state index in [1.807, 2.05) is 4.90 Å². The molecule has 1 amide bonds. The quantitative estimate of drug-likeness (QED) is 0.804. The van der Waals surface area contributed by atoms with Gasteiger partial charge in [-0.15, -0.1) is 0 Å². The lowest BCUT2D eigenvalue weighted by atomic mass is 9.84. The summed E-state index contributed by atoms with van der Waals surface area (Å²) in [5.41, 5.74) is 0.100. The van der Waals surface area contributed by atoms with Crippen LogP contribution in [0.2, 0.25) is 0 Å². The highest BCUT2D eigenvalue weighted by atomic mass is 32.2. The number of likely N-dealkylation sites (tertiary alicyclic amines) is 1. The Hall–Kier alpha value is -1.54. The van der Waals surface area contributed by atoms with Crippen molar-refractivity contribution in [2.24, 2.45) is 5.92 Å². The van der Waals surface area contributed by atoms with Crippen molar-refractivity contribution in [2.75, 3.05) is 13.1 Å². The molecule has 0 radical (unpaired) electrons. The number of hydrogen-bond acceptors (Lipinski definition) is 3. The molecule has 0 spiro atoms. The largest absolute Gasteiger partial charge is 0.336 e. The van der Waals surface area contributed by atoms with Crippen LogP contribution in [0.5, 0.6) is 0 Å². The smallest absolute Gasteiger partial charge is 0.246 e. The van der Waals surface area contributed by atoms with E-state index in [0.717, 1.165) is 18.9 Å². The summed E-state index contributed by atoms with van der Waals surface area (Å²) < 4.78 is 54.8. The fourth-order valence-corrected chi connectivity index (χ4v) is 5.91. The zero-order valence-corrected chi connectivity index (χ0v) is 15.4. The number of fused-ring (bicyclic) bond motifs is 1. The maximum Gasteiger partial charge on any atom is 0.246 e. The standard InChI is InChI=1S/C18H22F2N2O3S/c1-11-8-17(15(20)9-14(11)19)26(24,25)21-7-6-16-12(10-21)2-5-18(23)22(16)13-3-4-13/h8-9,12-13,16H,2-7,10H2,1H3/t12-,16+/m0/s1. The molecule has 3 aliphatic rings. The van der Waals surface area contributed by atoms with Gasteiger partial charge in [0.15, 0.2) is 0 Å². The van der Waals surface area contributed by atoms with Crippen LogP contribution in [0, 0.1) is 24.5 Å². The summed E-state index contributed by atoms with van der Waals surface area (Å²) in [7, 11) is -4.03. The van der Waals surface area contributed by atoms with Gasteiger partial charge in [-0.25, -0.2) is 17.2 Å². The van der Waals surface area contributed by atoms with Crippen molar-refractivity contribution < 1.29 is 22.0 Å². The molecule has 8 heteroatoms. The van der Waals surface area contributed by atoms with E-state index in [0.29, 0.717) is 31.4 Å². The van der Waals surface area contributed by atoms with Crippen LogP contribution in [-0.2, 0) is 14.8 Å². The molecule has 1 aromatic carbocycles. The van der Waals surface area contributed by atoms with Crippen molar-refractivity contribution in [1.82, 2.24) is 9.21 Å². The van der Waals surface area contributed by atoms with E-state index in [1.54, 1.807) is 0 Å². The zero-order valence-electron chi connectivity index (χ0n) is 14.6. The van der Waals surface area contributed by atoms with Crippen molar-refractivity contribution in [3.63, 3.8) is 0 Å². The normalized spacial score (nSPS) is 27.5. The third-order valence-electron chi connectivity index (χ3n) is 5.80. The van der Waals surface area contributed by atoms with E-state index in [1.165, 1.54) is 11.2 Å². The van der Waals surface area contributed by atoms with Gasteiger partial charge in [-0.2, -0.15) is 4.31 Å². The van der Waals surface area contributed by atoms with Gasteiger partial charge in [-0.3, -0.25) is 4.79 Å². The second kappa shape index (κ2) is 6.27. The zero-order chi connectivity index (χ0) is 18.6. The molecule has 3 fully saturated rings. The number of piperidine rings is 2. The molecule has 2 heterocycles. The minimum Gasteiger partial charge on any atom is -0.336 e. The number of halogens is 2. The molecule has 26 heavy (non-hydrogen) atoms. The second-order valence-corrected chi connectivity index (χ2v) is 9.49. The van der Waals surface area contributed by atoms with Crippen molar-refractivity contribution in [1.29, 1.82) is 0 Å². The lowest BCUT2D eigenvalue weighted by Gasteiger charge is -2.46. The molecule has 2 saturated heterocycles. The number of benzene rings is 1. The van der Waals surface area contributed by atoms with E-state index >= 15 is 0 Å². The van der Waals surface area contributed by atoms with E-state index in [-0.39, 0.29) is 36.5 Å². The molecule has 0 unspecified atom stereocenters. The van der Waals surface area contributed by atoms with Crippen molar-refractivity contribution in [2.45, 2.75) is 56.0 Å². The molecular weight excluding hydrogens is 362 g/mol. The van der Waals surface area contributed by atoms with E-state index in [9.17, 15) is 22.0 Å². The number of sulfonamides is 1. The highest BCUT2D eigenvalue weighted by Gasteiger charge is 2.47. The lowest BCUT2D eigenvalue weighted by molar-refractivity contribution is -0.141. The summed E-state index contributed by atoms with van der Waals surface area (Å²) in [6.07, 6.45) is 3.71. The van der Waals surface area contributed by atoms with Crippen LogP contribution in [0.4, 0.5) is 8.78 Å². The van der Waals surface area contributed by atoms with Crippen LogP contribution in [0.25, 0.3) is 0 Å². The highest BCUT2D eigenvalue weighted by molar-refractivity contribution is 7.89. The van der Waals surface area contributed by atoms with Gasteiger partial charge in [0, 0.05) is 37.7 Å².